The average Bonchev–Trinajstić information content (AvgIpc) is 2.85. The van der Waals surface area contributed by atoms with E-state index in [0.29, 0.717) is 25.9 Å². The maximum atomic E-state index is 11.5. The Morgan fingerprint density at radius 1 is 0.879 bits per heavy atom. The third-order valence-corrected chi connectivity index (χ3v) is 6.13. The van der Waals surface area contributed by atoms with Gasteiger partial charge in [0.25, 0.3) is 0 Å². The van der Waals surface area contributed by atoms with Crippen LogP contribution in [0.2, 0.25) is 0 Å². The van der Waals surface area contributed by atoms with E-state index >= 15 is 0 Å². The minimum Gasteiger partial charge on any atom is -0.497 e. The minimum absolute atomic E-state index is 0.111. The first kappa shape index (κ1) is 22.7. The normalized spacial score (nSPS) is 15.6. The van der Waals surface area contributed by atoms with E-state index in [1.807, 2.05) is 66.7 Å². The number of hydrogen-bond donors (Lipinski definition) is 1. The minimum atomic E-state index is -0.716. The second kappa shape index (κ2) is 10.4. The molecule has 0 saturated carbocycles. The van der Waals surface area contributed by atoms with Gasteiger partial charge in [0, 0.05) is 11.6 Å². The summed E-state index contributed by atoms with van der Waals surface area (Å²) in [6.07, 6.45) is 1.23. The molecule has 1 N–H and O–H groups in total. The van der Waals surface area contributed by atoms with Gasteiger partial charge in [-0.15, -0.1) is 0 Å². The number of para-hydroxylation sites is 1. The molecule has 1 heterocycles. The number of nitrogens with zero attached hydrogens (tertiary/aromatic N) is 1. The van der Waals surface area contributed by atoms with Crippen LogP contribution < -0.4 is 14.2 Å². The van der Waals surface area contributed by atoms with Crippen molar-refractivity contribution >= 4 is 5.97 Å². The van der Waals surface area contributed by atoms with Crippen LogP contribution in [0.3, 0.4) is 0 Å². The number of hydrogen-bond acceptors (Lipinski definition) is 5. The van der Waals surface area contributed by atoms with Crippen LogP contribution >= 0.6 is 0 Å². The molecular weight excluding hydrogens is 418 g/mol. The molecule has 0 aromatic heterocycles. The molecule has 6 nitrogen and oxygen atoms in total. The highest BCUT2D eigenvalue weighted by Crippen LogP contribution is 2.40. The highest BCUT2D eigenvalue weighted by atomic mass is 16.5. The van der Waals surface area contributed by atoms with Gasteiger partial charge in [-0.3, -0.25) is 9.69 Å². The molecule has 3 aromatic carbocycles. The highest BCUT2D eigenvalue weighted by Gasteiger charge is 2.32. The maximum Gasteiger partial charge on any atom is 0.306 e. The monoisotopic (exact) mass is 447 g/mol. The van der Waals surface area contributed by atoms with Crippen molar-refractivity contribution in [2.45, 2.75) is 18.9 Å². The van der Waals surface area contributed by atoms with Crippen molar-refractivity contribution in [2.24, 2.45) is 5.92 Å². The summed E-state index contributed by atoms with van der Waals surface area (Å²) in [5.41, 5.74) is 2.06. The lowest BCUT2D eigenvalue weighted by Gasteiger charge is -2.37. The molecule has 0 bridgehead atoms. The van der Waals surface area contributed by atoms with Crippen LogP contribution in [0.5, 0.6) is 23.0 Å². The van der Waals surface area contributed by atoms with Crippen molar-refractivity contribution in [3.8, 4) is 23.0 Å². The van der Waals surface area contributed by atoms with Crippen LogP contribution in [-0.2, 0) is 4.79 Å². The molecule has 0 spiro atoms. The molecular formula is C27H29NO5. The molecule has 1 aliphatic heterocycles. The van der Waals surface area contributed by atoms with Crippen molar-refractivity contribution in [1.29, 1.82) is 0 Å². The van der Waals surface area contributed by atoms with Crippen LogP contribution in [0, 0.1) is 5.92 Å². The summed E-state index contributed by atoms with van der Waals surface area (Å²) in [6.45, 7) is 1.36. The predicted octanol–water partition coefficient (Wildman–Crippen LogP) is 5.38. The molecule has 3 aromatic rings. The first-order valence-corrected chi connectivity index (χ1v) is 11.1. The first-order chi connectivity index (χ1) is 16.1. The Balaban J connectivity index is 1.71. The number of rotatable bonds is 8. The smallest absolute Gasteiger partial charge is 0.306 e. The van der Waals surface area contributed by atoms with Gasteiger partial charge in [-0.2, -0.15) is 0 Å². The fourth-order valence-corrected chi connectivity index (χ4v) is 4.41. The van der Waals surface area contributed by atoms with E-state index in [-0.39, 0.29) is 12.0 Å². The molecule has 0 aliphatic carbocycles. The summed E-state index contributed by atoms with van der Waals surface area (Å²) in [7, 11) is 3.29. The molecule has 1 fully saturated rings. The van der Waals surface area contributed by atoms with E-state index in [0.717, 1.165) is 34.1 Å². The first-order valence-electron chi connectivity index (χ1n) is 11.1. The molecule has 0 amide bonds. The number of methoxy groups -OCH3 is 2. The molecule has 1 unspecified atom stereocenters. The molecule has 6 heteroatoms. The lowest BCUT2D eigenvalue weighted by Crippen LogP contribution is -2.39. The molecule has 172 valence electrons. The standard InChI is InChI=1S/C27H29NO5/c1-31-22-11-12-24(25(18-22)32-2)26(28-15-13-19(14-16-28)27(29)30)20-7-6-10-23(17-20)33-21-8-4-3-5-9-21/h3-12,17-19,26H,13-16H2,1-2H3,(H,29,30). The molecule has 1 aliphatic rings. The summed E-state index contributed by atoms with van der Waals surface area (Å²) in [5.74, 6) is 1.96. The van der Waals surface area contributed by atoms with Gasteiger partial charge < -0.3 is 19.3 Å². The summed E-state index contributed by atoms with van der Waals surface area (Å²) in [6, 6.07) is 23.5. The van der Waals surface area contributed by atoms with Crippen molar-refractivity contribution < 1.29 is 24.1 Å². The van der Waals surface area contributed by atoms with E-state index in [1.54, 1.807) is 14.2 Å². The van der Waals surface area contributed by atoms with Crippen molar-refractivity contribution in [3.05, 3.63) is 83.9 Å². The van der Waals surface area contributed by atoms with Gasteiger partial charge in [0.2, 0.25) is 0 Å². The second-order valence-electron chi connectivity index (χ2n) is 8.15. The van der Waals surface area contributed by atoms with Crippen molar-refractivity contribution in [3.63, 3.8) is 0 Å². The van der Waals surface area contributed by atoms with Gasteiger partial charge >= 0.3 is 5.97 Å². The third kappa shape index (κ3) is 5.29. The number of likely N-dealkylation sites (tertiary alicyclic amines) is 1. The van der Waals surface area contributed by atoms with Crippen LogP contribution in [0.25, 0.3) is 0 Å². The number of ether oxygens (including phenoxy) is 3. The Morgan fingerprint density at radius 3 is 2.27 bits per heavy atom. The van der Waals surface area contributed by atoms with E-state index in [9.17, 15) is 9.90 Å². The summed E-state index contributed by atoms with van der Waals surface area (Å²) < 4.78 is 17.2. The zero-order valence-corrected chi connectivity index (χ0v) is 18.9. The SMILES string of the molecule is COc1ccc(C(c2cccc(Oc3ccccc3)c2)N2CCC(C(=O)O)CC2)c(OC)c1. The molecule has 4 rings (SSSR count). The number of carboxylic acid groups (broad SMARTS) is 1. The molecule has 1 atom stereocenters. The Kier molecular flexibility index (Phi) is 7.15. The molecule has 0 radical (unpaired) electrons. The predicted molar refractivity (Wildman–Crippen MR) is 126 cm³/mol. The van der Waals surface area contributed by atoms with Crippen LogP contribution in [0.15, 0.2) is 72.8 Å². The fourth-order valence-electron chi connectivity index (χ4n) is 4.41. The topological polar surface area (TPSA) is 68.2 Å². The maximum absolute atomic E-state index is 11.5. The van der Waals surface area contributed by atoms with E-state index in [2.05, 4.69) is 11.0 Å². The van der Waals surface area contributed by atoms with Crippen molar-refractivity contribution in [2.75, 3.05) is 27.3 Å². The largest absolute Gasteiger partial charge is 0.497 e. The van der Waals surface area contributed by atoms with Crippen molar-refractivity contribution in [1.82, 2.24) is 4.90 Å². The van der Waals surface area contributed by atoms with Gasteiger partial charge in [-0.05, 0) is 67.9 Å². The number of aliphatic carboxylic acids is 1. The van der Waals surface area contributed by atoms with Gasteiger partial charge in [0.15, 0.2) is 0 Å². The lowest BCUT2D eigenvalue weighted by atomic mass is 9.90. The average molecular weight is 448 g/mol. The quantitative estimate of drug-likeness (QED) is 0.500. The molecule has 1 saturated heterocycles. The number of carboxylic acids is 1. The number of carbonyl (C=O) groups is 1. The van der Waals surface area contributed by atoms with Gasteiger partial charge in [0.05, 0.1) is 26.2 Å². The van der Waals surface area contributed by atoms with E-state index in [4.69, 9.17) is 14.2 Å². The molecule has 33 heavy (non-hydrogen) atoms. The Hall–Kier alpha value is -3.51. The van der Waals surface area contributed by atoms with Crippen LogP contribution in [0.1, 0.15) is 30.0 Å². The Bertz CT molecular complexity index is 1080. The summed E-state index contributed by atoms with van der Waals surface area (Å²) in [4.78, 5) is 13.8. The highest BCUT2D eigenvalue weighted by molar-refractivity contribution is 5.70. The van der Waals surface area contributed by atoms with Crippen LogP contribution in [0.4, 0.5) is 0 Å². The van der Waals surface area contributed by atoms with Gasteiger partial charge in [0.1, 0.15) is 23.0 Å². The van der Waals surface area contributed by atoms with E-state index < -0.39 is 5.97 Å². The Morgan fingerprint density at radius 2 is 1.61 bits per heavy atom. The fraction of sp³-hybridized carbons (Fsp3) is 0.296. The number of piperidine rings is 1. The lowest BCUT2D eigenvalue weighted by molar-refractivity contribution is -0.143. The summed E-state index contributed by atoms with van der Waals surface area (Å²) in [5, 5.41) is 9.44. The van der Waals surface area contributed by atoms with E-state index in [1.165, 1.54) is 0 Å². The van der Waals surface area contributed by atoms with Gasteiger partial charge in [-0.25, -0.2) is 0 Å². The second-order valence-corrected chi connectivity index (χ2v) is 8.15. The zero-order chi connectivity index (χ0) is 23.2. The number of benzene rings is 3. The Labute approximate surface area is 194 Å². The zero-order valence-electron chi connectivity index (χ0n) is 18.9. The summed E-state index contributed by atoms with van der Waals surface area (Å²) >= 11 is 0. The third-order valence-electron chi connectivity index (χ3n) is 6.13. The van der Waals surface area contributed by atoms with Gasteiger partial charge in [-0.1, -0.05) is 30.3 Å². The van der Waals surface area contributed by atoms with Crippen LogP contribution in [-0.4, -0.2) is 43.3 Å².